The Hall–Kier alpha value is -0.640. The molecule has 4 N–H and O–H groups in total. The van der Waals surface area contributed by atoms with Gasteiger partial charge in [-0.05, 0) is 32.4 Å². The van der Waals surface area contributed by atoms with Crippen molar-refractivity contribution in [2.24, 2.45) is 0 Å². The van der Waals surface area contributed by atoms with Crippen molar-refractivity contribution in [3.05, 3.63) is 22.2 Å². The quantitative estimate of drug-likeness (QED) is 0.731. The van der Waals surface area contributed by atoms with Gasteiger partial charge in [0.15, 0.2) is 0 Å². The van der Waals surface area contributed by atoms with Gasteiger partial charge < -0.3 is 16.2 Å². The number of nitrogens with two attached hydrogens (primary N) is 1. The minimum atomic E-state index is -0.280. The van der Waals surface area contributed by atoms with Crippen LogP contribution >= 0.6 is 23.2 Å². The summed E-state index contributed by atoms with van der Waals surface area (Å²) < 4.78 is 0. The lowest BCUT2D eigenvalue weighted by Gasteiger charge is -2.28. The molecule has 0 spiro atoms. The van der Waals surface area contributed by atoms with E-state index in [9.17, 15) is 0 Å². The molecule has 0 radical (unpaired) electrons. The fourth-order valence-electron chi connectivity index (χ4n) is 1.39. The van der Waals surface area contributed by atoms with Gasteiger partial charge in [0.25, 0.3) is 0 Å². The van der Waals surface area contributed by atoms with Crippen LogP contribution in [-0.4, -0.2) is 17.3 Å². The lowest BCUT2D eigenvalue weighted by atomic mass is 10.0. The van der Waals surface area contributed by atoms with Crippen molar-refractivity contribution >= 4 is 34.6 Å². The fourth-order valence-corrected chi connectivity index (χ4v) is 1.99. The van der Waals surface area contributed by atoms with E-state index >= 15 is 0 Å². The first-order chi connectivity index (χ1) is 7.35. The number of nitrogens with one attached hydrogen (secondary N) is 1. The lowest BCUT2D eigenvalue weighted by Crippen LogP contribution is -2.32. The maximum Gasteiger partial charge on any atom is 0.0724 e. The zero-order chi connectivity index (χ0) is 12.3. The van der Waals surface area contributed by atoms with Crippen molar-refractivity contribution in [3.8, 4) is 0 Å². The third-order valence-electron chi connectivity index (χ3n) is 2.26. The van der Waals surface area contributed by atoms with Crippen molar-refractivity contribution in [2.75, 3.05) is 17.7 Å². The van der Waals surface area contributed by atoms with E-state index in [1.165, 1.54) is 0 Å². The first-order valence-electron chi connectivity index (χ1n) is 4.99. The van der Waals surface area contributed by atoms with Crippen LogP contribution in [0.15, 0.2) is 12.1 Å². The molecule has 0 amide bonds. The summed E-state index contributed by atoms with van der Waals surface area (Å²) in [5, 5.41) is 13.1. The van der Waals surface area contributed by atoms with Gasteiger partial charge in [-0.1, -0.05) is 23.2 Å². The Morgan fingerprint density at radius 1 is 1.31 bits per heavy atom. The van der Waals surface area contributed by atoms with Crippen LogP contribution in [0.1, 0.15) is 20.3 Å². The normalized spacial score (nSPS) is 11.6. The van der Waals surface area contributed by atoms with Gasteiger partial charge in [-0.3, -0.25) is 0 Å². The van der Waals surface area contributed by atoms with E-state index in [2.05, 4.69) is 5.32 Å². The first-order valence-corrected chi connectivity index (χ1v) is 5.75. The van der Waals surface area contributed by atoms with Gasteiger partial charge in [0.2, 0.25) is 0 Å². The Morgan fingerprint density at radius 3 is 2.25 bits per heavy atom. The molecular weight excluding hydrogens is 247 g/mol. The number of hydrogen-bond acceptors (Lipinski definition) is 3. The highest BCUT2D eigenvalue weighted by atomic mass is 35.5. The number of anilines is 2. The molecule has 0 aromatic heterocycles. The predicted octanol–water partition coefficient (Wildman–Crippen LogP) is 3.15. The summed E-state index contributed by atoms with van der Waals surface area (Å²) in [5.41, 5.74) is 6.51. The van der Waals surface area contributed by atoms with Crippen LogP contribution in [0.5, 0.6) is 0 Å². The molecule has 1 aromatic carbocycles. The van der Waals surface area contributed by atoms with Crippen LogP contribution in [0, 0.1) is 0 Å². The molecule has 5 heteroatoms. The Labute approximate surface area is 106 Å². The van der Waals surface area contributed by atoms with Crippen molar-refractivity contribution in [1.29, 1.82) is 0 Å². The molecule has 0 aliphatic carbocycles. The monoisotopic (exact) mass is 262 g/mol. The number of aliphatic hydroxyl groups is 1. The summed E-state index contributed by atoms with van der Waals surface area (Å²) in [6, 6.07) is 3.29. The summed E-state index contributed by atoms with van der Waals surface area (Å²) >= 11 is 12.1. The molecule has 0 fully saturated rings. The van der Waals surface area contributed by atoms with Gasteiger partial charge in [-0.15, -0.1) is 0 Å². The predicted molar refractivity (Wildman–Crippen MR) is 70.3 cm³/mol. The summed E-state index contributed by atoms with van der Waals surface area (Å²) in [6.45, 7) is 4.03. The second-order valence-electron chi connectivity index (χ2n) is 4.34. The van der Waals surface area contributed by atoms with E-state index in [4.69, 9.17) is 34.0 Å². The van der Waals surface area contributed by atoms with E-state index in [0.29, 0.717) is 27.8 Å². The molecule has 0 unspecified atom stereocenters. The number of nitrogen functional groups attached to an aromatic ring is 1. The molecule has 0 atom stereocenters. The molecule has 1 rings (SSSR count). The molecule has 90 valence electrons. The highest BCUT2D eigenvalue weighted by Crippen LogP contribution is 2.35. The largest absolute Gasteiger partial charge is 0.399 e. The number of aliphatic hydroxyl groups excluding tert-OH is 1. The molecular formula is C11H16Cl2N2O. The van der Waals surface area contributed by atoms with Crippen molar-refractivity contribution in [1.82, 2.24) is 0 Å². The minimum Gasteiger partial charge on any atom is -0.399 e. The van der Waals surface area contributed by atoms with E-state index in [1.807, 2.05) is 13.8 Å². The number of rotatable bonds is 4. The topological polar surface area (TPSA) is 58.3 Å². The van der Waals surface area contributed by atoms with Crippen molar-refractivity contribution in [3.63, 3.8) is 0 Å². The third-order valence-corrected chi connectivity index (χ3v) is 2.86. The summed E-state index contributed by atoms with van der Waals surface area (Å²) in [5.74, 6) is 0. The Balaban J connectivity index is 2.97. The zero-order valence-electron chi connectivity index (χ0n) is 9.35. The SMILES string of the molecule is CC(C)(CCO)Nc1c(Cl)cc(N)cc1Cl. The van der Waals surface area contributed by atoms with Crippen LogP contribution < -0.4 is 11.1 Å². The van der Waals surface area contributed by atoms with Crippen LogP contribution in [0.25, 0.3) is 0 Å². The molecule has 16 heavy (non-hydrogen) atoms. The average molecular weight is 263 g/mol. The second kappa shape index (κ2) is 5.13. The number of hydrogen-bond donors (Lipinski definition) is 3. The molecule has 0 heterocycles. The summed E-state index contributed by atoms with van der Waals surface area (Å²) in [4.78, 5) is 0. The summed E-state index contributed by atoms with van der Waals surface area (Å²) in [6.07, 6.45) is 0.601. The Morgan fingerprint density at radius 2 is 1.81 bits per heavy atom. The maximum absolute atomic E-state index is 8.94. The van der Waals surface area contributed by atoms with Gasteiger partial charge in [-0.2, -0.15) is 0 Å². The highest BCUT2D eigenvalue weighted by molar-refractivity contribution is 6.39. The molecule has 3 nitrogen and oxygen atoms in total. The molecule has 0 bridgehead atoms. The van der Waals surface area contributed by atoms with Gasteiger partial charge in [0.1, 0.15) is 0 Å². The van der Waals surface area contributed by atoms with Gasteiger partial charge in [0.05, 0.1) is 15.7 Å². The Kier molecular flexibility index (Phi) is 4.30. The average Bonchev–Trinajstić information content (AvgIpc) is 2.11. The summed E-state index contributed by atoms with van der Waals surface area (Å²) in [7, 11) is 0. The Bertz CT molecular complexity index is 357. The zero-order valence-corrected chi connectivity index (χ0v) is 10.9. The number of halogens is 2. The van der Waals surface area contributed by atoms with Crippen LogP contribution in [0.4, 0.5) is 11.4 Å². The van der Waals surface area contributed by atoms with Gasteiger partial charge in [-0.25, -0.2) is 0 Å². The van der Waals surface area contributed by atoms with Gasteiger partial charge >= 0.3 is 0 Å². The standard InChI is InChI=1S/C11H16Cl2N2O/c1-11(2,3-4-16)15-10-8(12)5-7(14)6-9(10)13/h5-6,15-16H,3-4,14H2,1-2H3. The fraction of sp³-hybridized carbons (Fsp3) is 0.455. The second-order valence-corrected chi connectivity index (χ2v) is 5.16. The molecule has 0 aliphatic rings. The minimum absolute atomic E-state index is 0.101. The lowest BCUT2D eigenvalue weighted by molar-refractivity contribution is 0.261. The third kappa shape index (κ3) is 3.44. The smallest absolute Gasteiger partial charge is 0.0724 e. The van der Waals surface area contributed by atoms with Gasteiger partial charge in [0, 0.05) is 17.8 Å². The van der Waals surface area contributed by atoms with E-state index in [1.54, 1.807) is 12.1 Å². The van der Waals surface area contributed by atoms with E-state index in [0.717, 1.165) is 0 Å². The van der Waals surface area contributed by atoms with Crippen LogP contribution in [-0.2, 0) is 0 Å². The molecule has 0 saturated carbocycles. The molecule has 0 saturated heterocycles. The van der Waals surface area contributed by atoms with Crippen molar-refractivity contribution in [2.45, 2.75) is 25.8 Å². The van der Waals surface area contributed by atoms with E-state index in [-0.39, 0.29) is 12.1 Å². The number of benzene rings is 1. The molecule has 1 aromatic rings. The van der Waals surface area contributed by atoms with Crippen LogP contribution in [0.2, 0.25) is 10.0 Å². The first kappa shape index (κ1) is 13.4. The maximum atomic E-state index is 8.94. The van der Waals surface area contributed by atoms with Crippen LogP contribution in [0.3, 0.4) is 0 Å². The highest BCUT2D eigenvalue weighted by Gasteiger charge is 2.19. The molecule has 0 aliphatic heterocycles. The van der Waals surface area contributed by atoms with Crippen molar-refractivity contribution < 1.29 is 5.11 Å². The van der Waals surface area contributed by atoms with E-state index < -0.39 is 0 Å².